The van der Waals surface area contributed by atoms with E-state index in [1.54, 1.807) is 31.4 Å². The van der Waals surface area contributed by atoms with E-state index in [9.17, 15) is 4.79 Å². The molecule has 0 fully saturated rings. The fourth-order valence-corrected chi connectivity index (χ4v) is 1.41. The lowest BCUT2D eigenvalue weighted by Gasteiger charge is -2.21. The average Bonchev–Trinajstić information content (AvgIpc) is 2.39. The van der Waals surface area contributed by atoms with E-state index in [0.717, 1.165) is 0 Å². The van der Waals surface area contributed by atoms with Gasteiger partial charge >= 0.3 is 6.09 Å². The number of amides is 1. The molecule has 1 rings (SSSR count). The molecule has 0 heterocycles. The van der Waals surface area contributed by atoms with Gasteiger partial charge in [-0.25, -0.2) is 4.79 Å². The average molecular weight is 265 g/mol. The van der Waals surface area contributed by atoms with E-state index in [1.165, 1.54) is 4.90 Å². The summed E-state index contributed by atoms with van der Waals surface area (Å²) in [6.07, 6.45) is -0.155. The lowest BCUT2D eigenvalue weighted by Crippen LogP contribution is -2.38. The highest BCUT2D eigenvalue weighted by atomic mass is 16.6. The molecule has 3 N–H and O–H groups in total. The van der Waals surface area contributed by atoms with Gasteiger partial charge in [0, 0.05) is 26.6 Å². The molecule has 6 nitrogen and oxygen atoms in total. The largest absolute Gasteiger partial charge is 0.415 e. The number of nitrogens with two attached hydrogens (primary N) is 1. The Labute approximate surface area is 112 Å². The monoisotopic (exact) mass is 265 g/mol. The van der Waals surface area contributed by atoms with E-state index in [1.807, 2.05) is 6.07 Å². The lowest BCUT2D eigenvalue weighted by atomic mass is 10.3. The van der Waals surface area contributed by atoms with Gasteiger partial charge in [-0.2, -0.15) is 0 Å². The number of nitrogens with one attached hydrogen (secondary N) is 1. The number of para-hydroxylation sites is 1. The van der Waals surface area contributed by atoms with Crippen molar-refractivity contribution < 1.29 is 14.3 Å². The maximum absolute atomic E-state index is 12.0. The van der Waals surface area contributed by atoms with E-state index in [0.29, 0.717) is 31.9 Å². The van der Waals surface area contributed by atoms with E-state index in [4.69, 9.17) is 20.6 Å². The van der Waals surface area contributed by atoms with Crippen LogP contribution in [0.5, 0.6) is 5.75 Å². The van der Waals surface area contributed by atoms with Crippen LogP contribution in [0.1, 0.15) is 6.42 Å². The van der Waals surface area contributed by atoms with Crippen LogP contribution in [0.3, 0.4) is 0 Å². The van der Waals surface area contributed by atoms with Gasteiger partial charge in [0.25, 0.3) is 0 Å². The number of methoxy groups -OCH3 is 1. The summed E-state index contributed by atoms with van der Waals surface area (Å²) < 4.78 is 10.2. The predicted molar refractivity (Wildman–Crippen MR) is 72.4 cm³/mol. The summed E-state index contributed by atoms with van der Waals surface area (Å²) in [5.74, 6) is 0.521. The molecule has 1 aromatic rings. The van der Waals surface area contributed by atoms with Gasteiger partial charge in [-0.05, 0) is 12.1 Å². The van der Waals surface area contributed by atoms with Gasteiger partial charge < -0.3 is 20.1 Å². The number of hydrogen-bond acceptors (Lipinski definition) is 4. The van der Waals surface area contributed by atoms with Crippen molar-refractivity contribution in [3.63, 3.8) is 0 Å². The van der Waals surface area contributed by atoms with E-state index in [-0.39, 0.29) is 5.84 Å². The zero-order chi connectivity index (χ0) is 14.1. The quantitative estimate of drug-likeness (QED) is 0.577. The molecular formula is C13H19N3O3. The van der Waals surface area contributed by atoms with Crippen LogP contribution < -0.4 is 10.5 Å². The molecule has 0 saturated heterocycles. The second-order valence-electron chi connectivity index (χ2n) is 3.94. The summed E-state index contributed by atoms with van der Waals surface area (Å²) in [5.41, 5.74) is 5.30. The Kier molecular flexibility index (Phi) is 6.38. The lowest BCUT2D eigenvalue weighted by molar-refractivity contribution is 0.125. The highest BCUT2D eigenvalue weighted by Gasteiger charge is 2.15. The summed E-state index contributed by atoms with van der Waals surface area (Å²) in [7, 11) is 1.56. The first-order chi connectivity index (χ1) is 9.13. The van der Waals surface area contributed by atoms with Crippen LogP contribution >= 0.6 is 0 Å². The fourth-order valence-electron chi connectivity index (χ4n) is 1.41. The first-order valence-corrected chi connectivity index (χ1v) is 5.97. The number of hydrogen-bond donors (Lipinski definition) is 2. The fraction of sp³-hybridized carbons (Fsp3) is 0.385. The van der Waals surface area contributed by atoms with Crippen molar-refractivity contribution >= 4 is 11.9 Å². The molecule has 0 aliphatic rings. The second-order valence-corrected chi connectivity index (χ2v) is 3.94. The Morgan fingerprint density at radius 3 is 2.58 bits per heavy atom. The molecule has 0 aliphatic heterocycles. The number of amidine groups is 1. The minimum absolute atomic E-state index is 0.0370. The molecule has 0 spiro atoms. The number of rotatable bonds is 7. The van der Waals surface area contributed by atoms with Crippen molar-refractivity contribution in [1.29, 1.82) is 5.41 Å². The summed E-state index contributed by atoms with van der Waals surface area (Å²) in [6.45, 7) is 1.14. The van der Waals surface area contributed by atoms with Crippen molar-refractivity contribution in [2.75, 3.05) is 26.8 Å². The third-order valence-corrected chi connectivity index (χ3v) is 2.42. The van der Waals surface area contributed by atoms with Crippen LogP contribution in [0.15, 0.2) is 30.3 Å². The van der Waals surface area contributed by atoms with Gasteiger partial charge in [0.1, 0.15) is 5.75 Å². The van der Waals surface area contributed by atoms with E-state index < -0.39 is 6.09 Å². The SMILES string of the molecule is COCCN(CCC(=N)N)C(=O)Oc1ccccc1. The van der Waals surface area contributed by atoms with Crippen LogP contribution in [0, 0.1) is 5.41 Å². The van der Waals surface area contributed by atoms with Crippen LogP contribution in [-0.2, 0) is 4.74 Å². The van der Waals surface area contributed by atoms with Crippen molar-refractivity contribution in [2.45, 2.75) is 6.42 Å². The normalized spacial score (nSPS) is 9.95. The second kappa shape index (κ2) is 8.10. The third kappa shape index (κ3) is 5.87. The molecule has 0 unspecified atom stereocenters. The Balaban J connectivity index is 2.57. The molecule has 6 heteroatoms. The van der Waals surface area contributed by atoms with Gasteiger partial charge in [0.2, 0.25) is 0 Å². The number of carbonyl (C=O) groups is 1. The summed E-state index contributed by atoms with van der Waals surface area (Å²) >= 11 is 0. The van der Waals surface area contributed by atoms with Gasteiger partial charge in [-0.3, -0.25) is 5.41 Å². The van der Waals surface area contributed by atoms with Gasteiger partial charge in [0.15, 0.2) is 0 Å². The van der Waals surface area contributed by atoms with Crippen LogP contribution in [0.25, 0.3) is 0 Å². The molecule has 104 valence electrons. The smallest absolute Gasteiger partial charge is 0.410 e. The third-order valence-electron chi connectivity index (χ3n) is 2.42. The molecule has 1 aromatic carbocycles. The maximum Gasteiger partial charge on any atom is 0.415 e. The molecule has 1 amide bonds. The Morgan fingerprint density at radius 1 is 1.32 bits per heavy atom. The number of benzene rings is 1. The molecule has 0 radical (unpaired) electrons. The molecule has 0 aromatic heterocycles. The van der Waals surface area contributed by atoms with Crippen molar-refractivity contribution in [3.05, 3.63) is 30.3 Å². The highest BCUT2D eigenvalue weighted by Crippen LogP contribution is 2.10. The Morgan fingerprint density at radius 2 is 2.00 bits per heavy atom. The Bertz CT molecular complexity index is 409. The zero-order valence-corrected chi connectivity index (χ0v) is 11.0. The minimum atomic E-state index is -0.468. The van der Waals surface area contributed by atoms with Crippen LogP contribution in [-0.4, -0.2) is 43.6 Å². The Hall–Kier alpha value is -2.08. The highest BCUT2D eigenvalue weighted by molar-refractivity contribution is 5.78. The molecule has 19 heavy (non-hydrogen) atoms. The maximum atomic E-state index is 12.0. The molecular weight excluding hydrogens is 246 g/mol. The van der Waals surface area contributed by atoms with Gasteiger partial charge in [0.05, 0.1) is 12.4 Å². The molecule has 0 bridgehead atoms. The predicted octanol–water partition coefficient (Wildman–Crippen LogP) is 1.46. The van der Waals surface area contributed by atoms with Crippen molar-refractivity contribution in [1.82, 2.24) is 4.90 Å². The zero-order valence-electron chi connectivity index (χ0n) is 11.0. The van der Waals surface area contributed by atoms with Crippen LogP contribution in [0.4, 0.5) is 4.79 Å². The summed E-state index contributed by atoms with van der Waals surface area (Å²) in [6, 6.07) is 8.83. The first kappa shape index (κ1) is 15.0. The summed E-state index contributed by atoms with van der Waals surface area (Å²) in [5, 5.41) is 7.19. The molecule has 0 aliphatic carbocycles. The topological polar surface area (TPSA) is 88.6 Å². The van der Waals surface area contributed by atoms with E-state index >= 15 is 0 Å². The summed E-state index contributed by atoms with van der Waals surface area (Å²) in [4.78, 5) is 13.4. The number of carbonyl (C=O) groups excluding carboxylic acids is 1. The van der Waals surface area contributed by atoms with Gasteiger partial charge in [-0.15, -0.1) is 0 Å². The van der Waals surface area contributed by atoms with Gasteiger partial charge in [-0.1, -0.05) is 18.2 Å². The van der Waals surface area contributed by atoms with E-state index in [2.05, 4.69) is 0 Å². The number of ether oxygens (including phenoxy) is 2. The van der Waals surface area contributed by atoms with Crippen molar-refractivity contribution in [2.24, 2.45) is 5.73 Å². The molecule has 0 atom stereocenters. The molecule has 0 saturated carbocycles. The first-order valence-electron chi connectivity index (χ1n) is 5.97. The minimum Gasteiger partial charge on any atom is -0.410 e. The van der Waals surface area contributed by atoms with Crippen LogP contribution in [0.2, 0.25) is 0 Å². The number of nitrogens with zero attached hydrogens (tertiary/aromatic N) is 1. The standard InChI is InChI=1S/C13H19N3O3/c1-18-10-9-16(8-7-12(14)15)13(17)19-11-5-3-2-4-6-11/h2-6H,7-10H2,1H3,(H3,14,15). The van der Waals surface area contributed by atoms with Crippen molar-refractivity contribution in [3.8, 4) is 5.75 Å².